The molecule has 7 nitrogen and oxygen atoms in total. The molecule has 2 N–H and O–H groups in total. The summed E-state index contributed by atoms with van der Waals surface area (Å²) in [5.74, 6) is -1.67. The summed E-state index contributed by atoms with van der Waals surface area (Å²) < 4.78 is 5.07. The molecular formula is C20H25N3O4. The highest BCUT2D eigenvalue weighted by molar-refractivity contribution is 6.15. The molecular weight excluding hydrogens is 346 g/mol. The molecule has 2 saturated heterocycles. The van der Waals surface area contributed by atoms with Crippen molar-refractivity contribution < 1.29 is 19.1 Å². The van der Waals surface area contributed by atoms with E-state index in [9.17, 15) is 14.4 Å². The van der Waals surface area contributed by atoms with E-state index < -0.39 is 17.4 Å². The number of benzene rings is 1. The summed E-state index contributed by atoms with van der Waals surface area (Å²) >= 11 is 0. The number of carbonyl (C=O) groups excluding carboxylic acids is 3. The number of likely N-dealkylation sites (tertiary alicyclic amines) is 1. The van der Waals surface area contributed by atoms with Gasteiger partial charge in [-0.25, -0.2) is 0 Å². The van der Waals surface area contributed by atoms with Gasteiger partial charge in [-0.1, -0.05) is 32.0 Å². The van der Waals surface area contributed by atoms with Crippen LogP contribution in [0.15, 0.2) is 24.3 Å². The summed E-state index contributed by atoms with van der Waals surface area (Å²) in [4.78, 5) is 40.8. The minimum atomic E-state index is -1.19. The number of rotatable bonds is 5. The molecule has 3 amide bonds. The number of nitrogens with zero attached hydrogens (tertiary/aromatic N) is 1. The van der Waals surface area contributed by atoms with Crippen LogP contribution in [0.2, 0.25) is 0 Å². The van der Waals surface area contributed by atoms with Gasteiger partial charge in [-0.3, -0.25) is 24.6 Å². The van der Waals surface area contributed by atoms with E-state index in [-0.39, 0.29) is 36.9 Å². The summed E-state index contributed by atoms with van der Waals surface area (Å²) in [5.41, 5.74) is 0.274. The Morgan fingerprint density at radius 3 is 2.63 bits per heavy atom. The Balaban J connectivity index is 1.82. The van der Waals surface area contributed by atoms with Crippen LogP contribution in [0.1, 0.15) is 25.8 Å². The van der Waals surface area contributed by atoms with E-state index in [0.29, 0.717) is 11.6 Å². The van der Waals surface area contributed by atoms with Crippen LogP contribution in [0.3, 0.4) is 0 Å². The highest BCUT2D eigenvalue weighted by atomic mass is 16.5. The number of fused-ring (bicyclic) bond motifs is 4. The SMILES string of the molecule is COCCN1C(=O)[C@@H]2C(CC(C)C)NC3(C(=O)Nc4ccccc43)[C@@H]2C1=O. The van der Waals surface area contributed by atoms with Crippen LogP contribution in [0.4, 0.5) is 5.69 Å². The van der Waals surface area contributed by atoms with Gasteiger partial charge in [0.15, 0.2) is 0 Å². The molecule has 1 aromatic rings. The van der Waals surface area contributed by atoms with Crippen LogP contribution in [0, 0.1) is 17.8 Å². The predicted octanol–water partition coefficient (Wildman–Crippen LogP) is 1.10. The maximum Gasteiger partial charge on any atom is 0.250 e. The van der Waals surface area contributed by atoms with Gasteiger partial charge in [0.25, 0.3) is 0 Å². The third kappa shape index (κ3) is 2.45. The van der Waals surface area contributed by atoms with Crippen molar-refractivity contribution in [1.82, 2.24) is 10.2 Å². The summed E-state index contributed by atoms with van der Waals surface area (Å²) in [6, 6.07) is 7.18. The second-order valence-electron chi connectivity index (χ2n) is 8.01. The van der Waals surface area contributed by atoms with E-state index >= 15 is 0 Å². The number of ether oxygens (including phenoxy) is 1. The molecule has 144 valence electrons. The number of methoxy groups -OCH3 is 1. The Bertz CT molecular complexity index is 808. The fraction of sp³-hybridized carbons (Fsp3) is 0.550. The van der Waals surface area contributed by atoms with Gasteiger partial charge in [0.05, 0.1) is 25.0 Å². The topological polar surface area (TPSA) is 87.7 Å². The molecule has 4 atom stereocenters. The molecule has 27 heavy (non-hydrogen) atoms. The molecule has 0 bridgehead atoms. The Hall–Kier alpha value is -2.25. The monoisotopic (exact) mass is 371 g/mol. The fourth-order valence-electron chi connectivity index (χ4n) is 4.93. The molecule has 2 unspecified atom stereocenters. The number of amides is 3. The van der Waals surface area contributed by atoms with E-state index in [4.69, 9.17) is 4.74 Å². The van der Waals surface area contributed by atoms with E-state index in [2.05, 4.69) is 24.5 Å². The Labute approximate surface area is 158 Å². The molecule has 0 aliphatic carbocycles. The van der Waals surface area contributed by atoms with Crippen molar-refractivity contribution >= 4 is 23.4 Å². The van der Waals surface area contributed by atoms with Crippen molar-refractivity contribution in [3.8, 4) is 0 Å². The third-order valence-corrected chi connectivity index (χ3v) is 5.96. The van der Waals surface area contributed by atoms with Crippen molar-refractivity contribution in [3.05, 3.63) is 29.8 Å². The maximum atomic E-state index is 13.3. The number of hydrogen-bond donors (Lipinski definition) is 2. The summed E-state index contributed by atoms with van der Waals surface area (Å²) in [5, 5.41) is 6.33. The zero-order valence-corrected chi connectivity index (χ0v) is 15.8. The van der Waals surface area contributed by atoms with Crippen LogP contribution in [-0.4, -0.2) is 48.9 Å². The van der Waals surface area contributed by atoms with Crippen LogP contribution in [0.5, 0.6) is 0 Å². The molecule has 1 aromatic carbocycles. The number of imide groups is 1. The zero-order chi connectivity index (χ0) is 19.3. The number of anilines is 1. The first-order valence-electron chi connectivity index (χ1n) is 9.44. The van der Waals surface area contributed by atoms with E-state index in [1.807, 2.05) is 24.3 Å². The second kappa shape index (κ2) is 6.42. The van der Waals surface area contributed by atoms with Crippen LogP contribution in [0.25, 0.3) is 0 Å². The largest absolute Gasteiger partial charge is 0.383 e. The normalized spacial score (nSPS) is 31.8. The number of carbonyl (C=O) groups is 3. The summed E-state index contributed by atoms with van der Waals surface area (Å²) in [6.07, 6.45) is 0.718. The first-order chi connectivity index (χ1) is 12.9. The lowest BCUT2D eigenvalue weighted by Gasteiger charge is -2.29. The van der Waals surface area contributed by atoms with Crippen molar-refractivity contribution in [1.29, 1.82) is 0 Å². The standard InChI is InChI=1S/C20H25N3O4/c1-11(2)10-14-15-16(18(25)23(17(15)24)8-9-27-3)20(22-14)12-6-4-5-7-13(12)21-19(20)26/h4-7,11,14-16,22H,8-10H2,1-3H3,(H,21,26)/t14?,15-,16+,20?/m1/s1. The van der Waals surface area contributed by atoms with Crippen LogP contribution in [-0.2, 0) is 24.7 Å². The van der Waals surface area contributed by atoms with Gasteiger partial charge in [-0.05, 0) is 18.4 Å². The van der Waals surface area contributed by atoms with Gasteiger partial charge < -0.3 is 10.1 Å². The van der Waals surface area contributed by atoms with Gasteiger partial charge >= 0.3 is 0 Å². The van der Waals surface area contributed by atoms with E-state index in [0.717, 1.165) is 12.0 Å². The average Bonchev–Trinajstić information content (AvgIpc) is 3.19. The van der Waals surface area contributed by atoms with Crippen molar-refractivity contribution in [3.63, 3.8) is 0 Å². The lowest BCUT2D eigenvalue weighted by atomic mass is 9.76. The summed E-state index contributed by atoms with van der Waals surface area (Å²) in [6.45, 7) is 4.66. The summed E-state index contributed by atoms with van der Waals surface area (Å²) in [7, 11) is 1.54. The molecule has 3 heterocycles. The second-order valence-corrected chi connectivity index (χ2v) is 8.01. The third-order valence-electron chi connectivity index (χ3n) is 5.96. The molecule has 0 saturated carbocycles. The van der Waals surface area contributed by atoms with Gasteiger partial charge in [0.2, 0.25) is 17.7 Å². The predicted molar refractivity (Wildman–Crippen MR) is 98.7 cm³/mol. The zero-order valence-electron chi connectivity index (χ0n) is 15.8. The van der Waals surface area contributed by atoms with Crippen LogP contribution >= 0.6 is 0 Å². The lowest BCUT2D eigenvalue weighted by molar-refractivity contribution is -0.143. The Morgan fingerprint density at radius 1 is 1.19 bits per heavy atom. The molecule has 7 heteroatoms. The molecule has 1 spiro atoms. The minimum absolute atomic E-state index is 0.200. The highest BCUT2D eigenvalue weighted by Gasteiger charge is 2.70. The molecule has 3 aliphatic heterocycles. The number of hydrogen-bond acceptors (Lipinski definition) is 5. The fourth-order valence-corrected chi connectivity index (χ4v) is 4.93. The first kappa shape index (κ1) is 18.1. The maximum absolute atomic E-state index is 13.3. The van der Waals surface area contributed by atoms with Crippen LogP contribution < -0.4 is 10.6 Å². The molecule has 0 aromatic heterocycles. The van der Waals surface area contributed by atoms with Gasteiger partial charge in [0, 0.05) is 24.4 Å². The van der Waals surface area contributed by atoms with Gasteiger partial charge in [-0.2, -0.15) is 0 Å². The molecule has 2 fully saturated rings. The van der Waals surface area contributed by atoms with Gasteiger partial charge in [-0.15, -0.1) is 0 Å². The highest BCUT2D eigenvalue weighted by Crippen LogP contribution is 2.53. The average molecular weight is 371 g/mol. The Morgan fingerprint density at radius 2 is 1.93 bits per heavy atom. The Kier molecular flexibility index (Phi) is 4.31. The van der Waals surface area contributed by atoms with Crippen molar-refractivity contribution in [2.75, 3.05) is 25.6 Å². The molecule has 3 aliphatic rings. The lowest BCUT2D eigenvalue weighted by Crippen LogP contribution is -2.53. The van der Waals surface area contributed by atoms with E-state index in [1.165, 1.54) is 12.0 Å². The van der Waals surface area contributed by atoms with Crippen molar-refractivity contribution in [2.45, 2.75) is 31.8 Å². The van der Waals surface area contributed by atoms with E-state index in [1.54, 1.807) is 0 Å². The number of nitrogens with one attached hydrogen (secondary N) is 2. The molecule has 4 rings (SSSR count). The number of para-hydroxylation sites is 1. The quantitative estimate of drug-likeness (QED) is 0.757. The van der Waals surface area contributed by atoms with Crippen molar-refractivity contribution in [2.24, 2.45) is 17.8 Å². The first-order valence-corrected chi connectivity index (χ1v) is 9.44. The smallest absolute Gasteiger partial charge is 0.250 e. The van der Waals surface area contributed by atoms with Gasteiger partial charge in [0.1, 0.15) is 5.54 Å². The molecule has 0 radical (unpaired) electrons. The minimum Gasteiger partial charge on any atom is -0.383 e.